The molecule has 7 nitrogen and oxygen atoms in total. The Kier molecular flexibility index (Phi) is 8.16. The number of pyridine rings is 1. The molecule has 0 aliphatic rings. The van der Waals surface area contributed by atoms with Crippen molar-refractivity contribution in [1.29, 1.82) is 0 Å². The number of nitrogens with zero attached hydrogens (tertiary/aromatic N) is 2. The molecule has 3 amide bonds. The highest BCUT2D eigenvalue weighted by Crippen LogP contribution is 2.33. The largest absolute Gasteiger partial charge is 0.419 e. The van der Waals surface area contributed by atoms with Crippen LogP contribution in [0.25, 0.3) is 0 Å². The Balaban J connectivity index is 1.92. The molecule has 3 N–H and O–H groups in total. The number of hydrogen-bond acceptors (Lipinski definition) is 4. The number of alkyl halides is 3. The third kappa shape index (κ3) is 6.73. The minimum atomic E-state index is -4.64. The summed E-state index contributed by atoms with van der Waals surface area (Å²) < 4.78 is 38.9. The fourth-order valence-corrected chi connectivity index (χ4v) is 2.68. The third-order valence-corrected chi connectivity index (χ3v) is 4.36. The molecule has 0 saturated carbocycles. The molecule has 0 aliphatic heterocycles. The van der Waals surface area contributed by atoms with E-state index in [-0.39, 0.29) is 5.91 Å². The number of carbonyl (C=O) groups is 2. The first kappa shape index (κ1) is 23.1. The molecule has 0 saturated heterocycles. The molecule has 2 rings (SSSR count). The highest BCUT2D eigenvalue weighted by molar-refractivity contribution is 6.00. The Bertz CT molecular complexity index is 852. The first-order valence-electron chi connectivity index (χ1n) is 9.45. The van der Waals surface area contributed by atoms with Crippen molar-refractivity contribution in [3.05, 3.63) is 53.7 Å². The Morgan fingerprint density at radius 1 is 1.03 bits per heavy atom. The minimum absolute atomic E-state index is 0.249. The lowest BCUT2D eigenvalue weighted by molar-refractivity contribution is -0.137. The Labute approximate surface area is 172 Å². The summed E-state index contributed by atoms with van der Waals surface area (Å²) in [6, 6.07) is 7.10. The van der Waals surface area contributed by atoms with Gasteiger partial charge >= 0.3 is 12.2 Å². The van der Waals surface area contributed by atoms with Crippen LogP contribution in [-0.4, -0.2) is 48.0 Å². The van der Waals surface area contributed by atoms with E-state index in [4.69, 9.17) is 0 Å². The molecular weight excluding hydrogens is 399 g/mol. The number of carbonyl (C=O) groups excluding carboxylic acids is 2. The van der Waals surface area contributed by atoms with Crippen LogP contribution in [0.15, 0.2) is 42.6 Å². The second kappa shape index (κ2) is 10.6. The van der Waals surface area contributed by atoms with Gasteiger partial charge in [-0.05, 0) is 49.5 Å². The zero-order chi connectivity index (χ0) is 22.1. The summed E-state index contributed by atoms with van der Waals surface area (Å²) in [6.07, 6.45) is -3.49. The van der Waals surface area contributed by atoms with Gasteiger partial charge in [-0.15, -0.1) is 0 Å². The van der Waals surface area contributed by atoms with Crippen LogP contribution in [0.4, 0.5) is 29.5 Å². The molecule has 0 aliphatic carbocycles. The summed E-state index contributed by atoms with van der Waals surface area (Å²) in [7, 11) is 0. The molecule has 0 spiro atoms. The van der Waals surface area contributed by atoms with E-state index in [1.807, 2.05) is 13.8 Å². The van der Waals surface area contributed by atoms with Gasteiger partial charge in [0.15, 0.2) is 0 Å². The summed E-state index contributed by atoms with van der Waals surface area (Å²) in [5.74, 6) is -0.840. The van der Waals surface area contributed by atoms with Crippen LogP contribution < -0.4 is 16.0 Å². The maximum absolute atomic E-state index is 13.0. The van der Waals surface area contributed by atoms with Gasteiger partial charge < -0.3 is 15.5 Å². The van der Waals surface area contributed by atoms with E-state index in [0.717, 1.165) is 38.0 Å². The molecule has 0 atom stereocenters. The lowest BCUT2D eigenvalue weighted by Gasteiger charge is -2.18. The van der Waals surface area contributed by atoms with Crippen LogP contribution in [0.5, 0.6) is 0 Å². The predicted octanol–water partition coefficient (Wildman–Crippen LogP) is 3.82. The van der Waals surface area contributed by atoms with Gasteiger partial charge in [-0.25, -0.2) is 9.78 Å². The quantitative estimate of drug-likeness (QED) is 0.603. The summed E-state index contributed by atoms with van der Waals surface area (Å²) in [6.45, 7) is 7.14. The lowest BCUT2D eigenvalue weighted by Crippen LogP contribution is -2.34. The maximum Gasteiger partial charge on any atom is 0.419 e. The van der Waals surface area contributed by atoms with Crippen molar-refractivity contribution in [2.45, 2.75) is 20.0 Å². The summed E-state index contributed by atoms with van der Waals surface area (Å²) >= 11 is 0. The number of benzene rings is 1. The lowest BCUT2D eigenvalue weighted by atomic mass is 10.2. The third-order valence-electron chi connectivity index (χ3n) is 4.36. The summed E-state index contributed by atoms with van der Waals surface area (Å²) in [5.41, 5.74) is -0.321. The number of hydrogen-bond donors (Lipinski definition) is 3. The number of rotatable bonds is 8. The normalized spacial score (nSPS) is 11.3. The number of amides is 3. The molecule has 1 heterocycles. The van der Waals surface area contributed by atoms with Crippen molar-refractivity contribution in [1.82, 2.24) is 15.2 Å². The minimum Gasteiger partial charge on any atom is -0.351 e. The smallest absolute Gasteiger partial charge is 0.351 e. The van der Waals surface area contributed by atoms with Crippen molar-refractivity contribution < 1.29 is 22.8 Å². The van der Waals surface area contributed by atoms with E-state index in [0.29, 0.717) is 17.8 Å². The summed E-state index contributed by atoms with van der Waals surface area (Å²) in [5, 5.41) is 7.32. The number of halogens is 3. The van der Waals surface area contributed by atoms with Gasteiger partial charge in [0.1, 0.15) is 5.82 Å². The predicted molar refractivity (Wildman–Crippen MR) is 108 cm³/mol. The van der Waals surface area contributed by atoms with Gasteiger partial charge in [0.25, 0.3) is 5.91 Å². The molecule has 10 heteroatoms. The van der Waals surface area contributed by atoms with E-state index < -0.39 is 23.6 Å². The van der Waals surface area contributed by atoms with Gasteiger partial charge in [-0.2, -0.15) is 13.2 Å². The highest BCUT2D eigenvalue weighted by atomic mass is 19.4. The van der Waals surface area contributed by atoms with E-state index in [9.17, 15) is 22.8 Å². The monoisotopic (exact) mass is 423 g/mol. The zero-order valence-corrected chi connectivity index (χ0v) is 16.7. The van der Waals surface area contributed by atoms with Crippen LogP contribution in [0, 0.1) is 0 Å². The second-order valence-electron chi connectivity index (χ2n) is 6.34. The van der Waals surface area contributed by atoms with Gasteiger partial charge in [0, 0.05) is 30.5 Å². The van der Waals surface area contributed by atoms with Crippen molar-refractivity contribution in [3.63, 3.8) is 0 Å². The molecule has 0 bridgehead atoms. The number of urea groups is 1. The van der Waals surface area contributed by atoms with Crippen molar-refractivity contribution >= 4 is 23.4 Å². The second-order valence-corrected chi connectivity index (χ2v) is 6.34. The molecule has 0 unspecified atom stereocenters. The van der Waals surface area contributed by atoms with Gasteiger partial charge in [0.2, 0.25) is 0 Å². The van der Waals surface area contributed by atoms with Crippen LogP contribution in [-0.2, 0) is 6.18 Å². The topological polar surface area (TPSA) is 86.4 Å². The number of anilines is 2. The first-order chi connectivity index (χ1) is 14.2. The molecule has 1 aromatic carbocycles. The number of aromatic nitrogens is 1. The van der Waals surface area contributed by atoms with Crippen LogP contribution in [0.2, 0.25) is 0 Å². The molecule has 30 heavy (non-hydrogen) atoms. The highest BCUT2D eigenvalue weighted by Gasteiger charge is 2.34. The average Bonchev–Trinajstić information content (AvgIpc) is 2.71. The molecular formula is C20H24F3N5O2. The van der Waals surface area contributed by atoms with Crippen molar-refractivity contribution in [3.8, 4) is 0 Å². The zero-order valence-electron chi connectivity index (χ0n) is 16.7. The Morgan fingerprint density at radius 3 is 2.30 bits per heavy atom. The van der Waals surface area contributed by atoms with Gasteiger partial charge in [0.05, 0.1) is 5.56 Å². The first-order valence-corrected chi connectivity index (χ1v) is 9.45. The molecule has 2 aromatic rings. The van der Waals surface area contributed by atoms with Gasteiger partial charge in [-0.1, -0.05) is 13.8 Å². The number of nitrogens with one attached hydrogen (secondary N) is 3. The van der Waals surface area contributed by atoms with Crippen LogP contribution in [0.3, 0.4) is 0 Å². The van der Waals surface area contributed by atoms with Crippen LogP contribution in [0.1, 0.15) is 29.8 Å². The van der Waals surface area contributed by atoms with E-state index in [2.05, 4.69) is 25.8 Å². The Morgan fingerprint density at radius 2 is 1.70 bits per heavy atom. The SMILES string of the molecule is CCN(CC)CCNC(=O)c1ccc(NC(=O)Nc2ncccc2C(F)(F)F)cc1. The Hall–Kier alpha value is -3.14. The fraction of sp³-hybridized carbons (Fsp3) is 0.350. The van der Waals surface area contributed by atoms with Crippen molar-refractivity contribution in [2.75, 3.05) is 36.8 Å². The molecule has 0 radical (unpaired) electrons. The van der Waals surface area contributed by atoms with E-state index in [1.54, 1.807) is 0 Å². The van der Waals surface area contributed by atoms with Gasteiger partial charge in [-0.3, -0.25) is 10.1 Å². The molecule has 1 aromatic heterocycles. The fourth-order valence-electron chi connectivity index (χ4n) is 2.68. The number of likely N-dealkylation sites (N-methyl/N-ethyl adjacent to an activating group) is 1. The van der Waals surface area contributed by atoms with Crippen LogP contribution >= 0.6 is 0 Å². The van der Waals surface area contributed by atoms with Crippen molar-refractivity contribution in [2.24, 2.45) is 0 Å². The standard InChI is InChI=1S/C20H24F3N5O2/c1-3-28(4-2)13-12-25-18(29)14-7-9-15(10-8-14)26-19(30)27-17-16(20(21,22)23)6-5-11-24-17/h5-11H,3-4,12-13H2,1-2H3,(H,25,29)(H2,24,26,27,30). The van der Waals surface area contributed by atoms with E-state index >= 15 is 0 Å². The maximum atomic E-state index is 13.0. The molecule has 162 valence electrons. The molecule has 0 fully saturated rings. The van der Waals surface area contributed by atoms with E-state index in [1.165, 1.54) is 24.3 Å². The average molecular weight is 423 g/mol. The summed E-state index contributed by atoms with van der Waals surface area (Å²) in [4.78, 5) is 29.9.